The third kappa shape index (κ3) is 6.72. The molecule has 1 saturated heterocycles. The molecule has 9 heteroatoms. The van der Waals surface area contributed by atoms with Crippen molar-refractivity contribution in [2.24, 2.45) is 0 Å². The van der Waals surface area contributed by atoms with E-state index >= 15 is 0 Å². The fourth-order valence-electron chi connectivity index (χ4n) is 3.31. The van der Waals surface area contributed by atoms with Crippen LogP contribution in [0, 0.1) is 30.1 Å². The fourth-order valence-corrected chi connectivity index (χ4v) is 3.31. The number of pyridine rings is 1. The third-order valence-electron chi connectivity index (χ3n) is 5.00. The van der Waals surface area contributed by atoms with Gasteiger partial charge in [0.05, 0.1) is 24.1 Å². The summed E-state index contributed by atoms with van der Waals surface area (Å²) >= 11 is 0. The number of hydrogen-bond acceptors (Lipinski definition) is 8. The number of nitriles is 1. The van der Waals surface area contributed by atoms with Gasteiger partial charge in [0.2, 0.25) is 11.9 Å². The molecule has 0 aliphatic carbocycles. The number of morpholine rings is 1. The number of nitrogens with zero attached hydrogens (tertiary/aromatic N) is 5. The first-order valence-electron chi connectivity index (χ1n) is 10.8. The maximum absolute atomic E-state index is 11.8. The molecule has 2 aromatic heterocycles. The van der Waals surface area contributed by atoms with Gasteiger partial charge in [-0.3, -0.25) is 9.78 Å². The summed E-state index contributed by atoms with van der Waals surface area (Å²) in [5.74, 6) is 5.38. The zero-order valence-corrected chi connectivity index (χ0v) is 19.1. The Morgan fingerprint density at radius 1 is 1.36 bits per heavy atom. The Bertz CT molecular complexity index is 1090. The van der Waals surface area contributed by atoms with Crippen molar-refractivity contribution in [1.82, 2.24) is 19.9 Å². The molecular formula is C24H28N6O3. The molecule has 2 aromatic rings. The Morgan fingerprint density at radius 2 is 2.18 bits per heavy atom. The second-order valence-corrected chi connectivity index (χ2v) is 8.28. The number of carbonyl (C=O) groups is 1. The molecule has 172 valence electrons. The van der Waals surface area contributed by atoms with Crippen LogP contribution in [-0.4, -0.2) is 69.3 Å². The average Bonchev–Trinajstić information content (AvgIpc) is 2.79. The highest BCUT2D eigenvalue weighted by atomic mass is 16.5. The minimum absolute atomic E-state index is 0.00540. The summed E-state index contributed by atoms with van der Waals surface area (Å²) < 4.78 is 5.14. The lowest BCUT2D eigenvalue weighted by atomic mass is 9.95. The fraction of sp³-hybridized carbons (Fsp3) is 0.458. The van der Waals surface area contributed by atoms with E-state index in [1.165, 1.54) is 0 Å². The van der Waals surface area contributed by atoms with E-state index in [1.807, 2.05) is 6.92 Å². The van der Waals surface area contributed by atoms with Gasteiger partial charge in [0, 0.05) is 37.6 Å². The number of ether oxygens (including phenoxy) is 1. The van der Waals surface area contributed by atoms with Gasteiger partial charge in [-0.1, -0.05) is 11.8 Å². The zero-order valence-electron chi connectivity index (χ0n) is 19.1. The van der Waals surface area contributed by atoms with Crippen LogP contribution in [0.2, 0.25) is 0 Å². The van der Waals surface area contributed by atoms with Crippen LogP contribution in [0.4, 0.5) is 5.95 Å². The highest BCUT2D eigenvalue weighted by molar-refractivity contribution is 5.77. The van der Waals surface area contributed by atoms with Gasteiger partial charge in [0.1, 0.15) is 18.1 Å². The first-order chi connectivity index (χ1) is 15.8. The average molecular weight is 449 g/mol. The molecule has 1 aliphatic heterocycles. The van der Waals surface area contributed by atoms with E-state index < -0.39 is 11.5 Å². The molecule has 3 rings (SSSR count). The normalized spacial score (nSPS) is 14.8. The lowest BCUT2D eigenvalue weighted by Gasteiger charge is -2.26. The number of hydrogen-bond donors (Lipinski definition) is 2. The van der Waals surface area contributed by atoms with Crippen molar-refractivity contribution in [1.29, 1.82) is 5.26 Å². The number of carbonyl (C=O) groups excluding carboxylic acids is 1. The van der Waals surface area contributed by atoms with Gasteiger partial charge in [0.15, 0.2) is 0 Å². The maximum Gasteiger partial charge on any atom is 0.248 e. The molecule has 1 unspecified atom stereocenters. The molecule has 1 amide bonds. The molecule has 1 fully saturated rings. The molecule has 1 aliphatic rings. The van der Waals surface area contributed by atoms with E-state index in [0.717, 1.165) is 12.0 Å². The highest BCUT2D eigenvalue weighted by Gasteiger charge is 2.23. The molecule has 1 atom stereocenters. The number of amides is 1. The van der Waals surface area contributed by atoms with Crippen molar-refractivity contribution >= 4 is 11.9 Å². The van der Waals surface area contributed by atoms with Crippen LogP contribution in [0.25, 0.3) is 0 Å². The van der Waals surface area contributed by atoms with E-state index in [4.69, 9.17) is 4.74 Å². The monoisotopic (exact) mass is 448 g/mol. The Balaban J connectivity index is 1.75. The van der Waals surface area contributed by atoms with Crippen LogP contribution >= 0.6 is 0 Å². The smallest absolute Gasteiger partial charge is 0.248 e. The van der Waals surface area contributed by atoms with Gasteiger partial charge in [-0.25, -0.2) is 9.97 Å². The van der Waals surface area contributed by atoms with E-state index in [2.05, 4.69) is 38.2 Å². The van der Waals surface area contributed by atoms with Gasteiger partial charge < -0.3 is 20.1 Å². The van der Waals surface area contributed by atoms with Gasteiger partial charge in [-0.2, -0.15) is 5.26 Å². The predicted octanol–water partition coefficient (Wildman–Crippen LogP) is 1.62. The van der Waals surface area contributed by atoms with Crippen LogP contribution in [0.3, 0.4) is 0 Å². The summed E-state index contributed by atoms with van der Waals surface area (Å²) in [5, 5.41) is 23.1. The minimum Gasteiger partial charge on any atom is -0.378 e. The molecule has 33 heavy (non-hydrogen) atoms. The van der Waals surface area contributed by atoms with Crippen molar-refractivity contribution < 1.29 is 14.6 Å². The van der Waals surface area contributed by atoms with E-state index in [9.17, 15) is 15.2 Å². The molecule has 0 spiro atoms. The summed E-state index contributed by atoms with van der Waals surface area (Å²) in [6.07, 6.45) is 4.01. The van der Waals surface area contributed by atoms with Gasteiger partial charge in [-0.05, 0) is 44.9 Å². The molecule has 0 radical (unpaired) electrons. The minimum atomic E-state index is -1.16. The maximum atomic E-state index is 11.8. The number of aliphatic hydroxyl groups is 1. The number of nitrogens with one attached hydrogen (secondary N) is 1. The van der Waals surface area contributed by atoms with Crippen LogP contribution in [0.1, 0.15) is 48.7 Å². The summed E-state index contributed by atoms with van der Waals surface area (Å²) in [6.45, 7) is 7.56. The van der Waals surface area contributed by atoms with Crippen LogP contribution in [-0.2, 0) is 9.53 Å². The standard InChI is InChI=1S/C24H28N6O3/c1-17-15-28-23(27-10-5-11-30-12-13-33-16-20(30)31)29-21(17)19(14-25)22-18(6-4-9-26-22)7-8-24(2,3)32/h4,6,9,15,19,32H,5,10-13,16H2,1-3H3,(H,27,28,29). The van der Waals surface area contributed by atoms with Crippen molar-refractivity contribution in [3.63, 3.8) is 0 Å². The predicted molar refractivity (Wildman–Crippen MR) is 122 cm³/mol. The number of aryl methyl sites for hydroxylation is 1. The summed E-state index contributed by atoms with van der Waals surface area (Å²) in [5.41, 5.74) is 1.19. The highest BCUT2D eigenvalue weighted by Crippen LogP contribution is 2.26. The molecule has 0 bridgehead atoms. The second-order valence-electron chi connectivity index (χ2n) is 8.28. The zero-order chi connectivity index (χ0) is 23.8. The quantitative estimate of drug-likeness (QED) is 0.484. The molecular weight excluding hydrogens is 420 g/mol. The summed E-state index contributed by atoms with van der Waals surface area (Å²) in [7, 11) is 0. The van der Waals surface area contributed by atoms with Crippen molar-refractivity contribution in [2.45, 2.75) is 38.7 Å². The Labute approximate surface area is 193 Å². The first kappa shape index (κ1) is 24.1. The van der Waals surface area contributed by atoms with Crippen molar-refractivity contribution in [2.75, 3.05) is 38.2 Å². The lowest BCUT2D eigenvalue weighted by molar-refractivity contribution is -0.142. The lowest BCUT2D eigenvalue weighted by Crippen LogP contribution is -2.42. The van der Waals surface area contributed by atoms with Gasteiger partial charge >= 0.3 is 0 Å². The number of anilines is 1. The number of rotatable bonds is 7. The van der Waals surface area contributed by atoms with Crippen LogP contribution in [0.5, 0.6) is 0 Å². The molecule has 0 aromatic carbocycles. The molecule has 0 saturated carbocycles. The molecule has 2 N–H and O–H groups in total. The SMILES string of the molecule is Cc1cnc(NCCCN2CCOCC2=O)nc1C(C#N)c1ncccc1C#CC(C)(C)O. The number of aromatic nitrogens is 3. The third-order valence-corrected chi connectivity index (χ3v) is 5.00. The Hall–Kier alpha value is -3.53. The molecule has 9 nitrogen and oxygen atoms in total. The van der Waals surface area contributed by atoms with E-state index in [-0.39, 0.29) is 12.5 Å². The largest absolute Gasteiger partial charge is 0.378 e. The van der Waals surface area contributed by atoms with Crippen molar-refractivity contribution in [3.8, 4) is 17.9 Å². The van der Waals surface area contributed by atoms with E-state index in [0.29, 0.717) is 49.1 Å². The first-order valence-corrected chi connectivity index (χ1v) is 10.8. The second kappa shape index (κ2) is 10.9. The van der Waals surface area contributed by atoms with Gasteiger partial charge in [-0.15, -0.1) is 0 Å². The van der Waals surface area contributed by atoms with Crippen LogP contribution < -0.4 is 5.32 Å². The van der Waals surface area contributed by atoms with Crippen molar-refractivity contribution in [3.05, 3.63) is 47.0 Å². The van der Waals surface area contributed by atoms with Gasteiger partial charge in [0.25, 0.3) is 0 Å². The topological polar surface area (TPSA) is 124 Å². The molecule has 3 heterocycles. The van der Waals surface area contributed by atoms with Crippen LogP contribution in [0.15, 0.2) is 24.5 Å². The summed E-state index contributed by atoms with van der Waals surface area (Å²) in [4.78, 5) is 26.9. The summed E-state index contributed by atoms with van der Waals surface area (Å²) in [6, 6.07) is 5.80. The van der Waals surface area contributed by atoms with E-state index in [1.54, 1.807) is 43.3 Å². The Morgan fingerprint density at radius 3 is 2.91 bits per heavy atom. The Kier molecular flexibility index (Phi) is 7.94.